The molecule has 0 aliphatic rings. The molecule has 0 radical (unpaired) electrons. The Kier molecular flexibility index (Phi) is 4.79. The van der Waals surface area contributed by atoms with E-state index in [9.17, 15) is 4.79 Å². The predicted octanol–water partition coefficient (Wildman–Crippen LogP) is 4.32. The van der Waals surface area contributed by atoms with Crippen LogP contribution in [0.2, 0.25) is 0 Å². The normalized spacial score (nSPS) is 11.1. The molecule has 27 heavy (non-hydrogen) atoms. The van der Waals surface area contributed by atoms with Gasteiger partial charge in [-0.15, -0.1) is 0 Å². The van der Waals surface area contributed by atoms with E-state index in [0.29, 0.717) is 6.42 Å². The summed E-state index contributed by atoms with van der Waals surface area (Å²) >= 11 is 0. The Balaban J connectivity index is 1.45. The zero-order valence-electron chi connectivity index (χ0n) is 14.7. The molecule has 4 nitrogen and oxygen atoms in total. The van der Waals surface area contributed by atoms with Gasteiger partial charge in [-0.3, -0.25) is 4.79 Å². The van der Waals surface area contributed by atoms with Crippen LogP contribution in [-0.4, -0.2) is 16.7 Å². The summed E-state index contributed by atoms with van der Waals surface area (Å²) in [5.74, 6) is -0.138. The van der Waals surface area contributed by atoms with Crippen LogP contribution in [0, 0.1) is 0 Å². The summed E-state index contributed by atoms with van der Waals surface area (Å²) in [4.78, 5) is 12.3. The van der Waals surface area contributed by atoms with Crippen molar-refractivity contribution in [1.29, 1.82) is 0 Å². The SMILES string of the molecule is O=C(Cc1cccc2ccccc12)N/N=C/c1cccn1-c1ccccc1. The van der Waals surface area contributed by atoms with E-state index >= 15 is 0 Å². The van der Waals surface area contributed by atoms with Crippen molar-refractivity contribution in [2.24, 2.45) is 5.10 Å². The second-order valence-corrected chi connectivity index (χ2v) is 6.25. The number of nitrogens with one attached hydrogen (secondary N) is 1. The summed E-state index contributed by atoms with van der Waals surface area (Å²) < 4.78 is 2.01. The lowest BCUT2D eigenvalue weighted by atomic mass is 10.0. The summed E-state index contributed by atoms with van der Waals surface area (Å²) in [6.07, 6.45) is 3.92. The number of hydrazone groups is 1. The Morgan fingerprint density at radius 2 is 1.67 bits per heavy atom. The highest BCUT2D eigenvalue weighted by atomic mass is 16.2. The summed E-state index contributed by atoms with van der Waals surface area (Å²) in [6.45, 7) is 0. The summed E-state index contributed by atoms with van der Waals surface area (Å²) in [6, 6.07) is 28.0. The van der Waals surface area contributed by atoms with Crippen molar-refractivity contribution in [1.82, 2.24) is 9.99 Å². The zero-order valence-corrected chi connectivity index (χ0v) is 14.7. The lowest BCUT2D eigenvalue weighted by Crippen LogP contribution is -2.20. The number of amides is 1. The number of carbonyl (C=O) groups is 1. The molecule has 0 atom stereocenters. The van der Waals surface area contributed by atoms with Gasteiger partial charge in [0.15, 0.2) is 0 Å². The molecule has 1 amide bonds. The van der Waals surface area contributed by atoms with Gasteiger partial charge in [0.25, 0.3) is 0 Å². The van der Waals surface area contributed by atoms with Crippen LogP contribution in [0.5, 0.6) is 0 Å². The van der Waals surface area contributed by atoms with E-state index < -0.39 is 0 Å². The summed E-state index contributed by atoms with van der Waals surface area (Å²) in [5, 5.41) is 6.36. The number of hydrogen-bond donors (Lipinski definition) is 1. The standard InChI is InChI=1S/C23H19N3O/c27-23(16-19-10-6-9-18-8-4-5-14-22(18)19)25-24-17-21-13-7-15-26(21)20-11-2-1-3-12-20/h1-15,17H,16H2,(H,25,27)/b24-17+. The number of carbonyl (C=O) groups excluding carboxylic acids is 1. The topological polar surface area (TPSA) is 46.4 Å². The van der Waals surface area contributed by atoms with Crippen molar-refractivity contribution >= 4 is 22.9 Å². The van der Waals surface area contributed by atoms with Gasteiger partial charge in [-0.1, -0.05) is 60.7 Å². The Hall–Kier alpha value is -3.66. The average Bonchev–Trinajstić information content (AvgIpc) is 3.17. The number of aromatic nitrogens is 1. The van der Waals surface area contributed by atoms with Gasteiger partial charge in [0.1, 0.15) is 0 Å². The highest BCUT2D eigenvalue weighted by molar-refractivity contribution is 5.90. The zero-order chi connectivity index (χ0) is 18.5. The van der Waals surface area contributed by atoms with E-state index in [0.717, 1.165) is 27.7 Å². The van der Waals surface area contributed by atoms with Gasteiger partial charge in [-0.05, 0) is 40.6 Å². The largest absolute Gasteiger partial charge is 0.316 e. The van der Waals surface area contributed by atoms with Gasteiger partial charge in [0.2, 0.25) is 5.91 Å². The monoisotopic (exact) mass is 353 g/mol. The number of para-hydroxylation sites is 1. The molecule has 4 aromatic rings. The molecule has 4 rings (SSSR count). The molecule has 0 bridgehead atoms. The van der Waals surface area contributed by atoms with Gasteiger partial charge in [-0.2, -0.15) is 5.10 Å². The Labute approximate surface area is 157 Å². The summed E-state index contributed by atoms with van der Waals surface area (Å²) in [5.41, 5.74) is 5.57. The van der Waals surface area contributed by atoms with Crippen LogP contribution in [0.15, 0.2) is 96.2 Å². The van der Waals surface area contributed by atoms with Crippen molar-refractivity contribution in [2.75, 3.05) is 0 Å². The minimum Gasteiger partial charge on any atom is -0.316 e. The lowest BCUT2D eigenvalue weighted by molar-refractivity contribution is -0.120. The molecular weight excluding hydrogens is 334 g/mol. The maximum atomic E-state index is 12.3. The second kappa shape index (κ2) is 7.70. The van der Waals surface area contributed by atoms with Crippen molar-refractivity contribution in [3.8, 4) is 5.69 Å². The second-order valence-electron chi connectivity index (χ2n) is 6.25. The maximum Gasteiger partial charge on any atom is 0.244 e. The molecular formula is C23H19N3O. The van der Waals surface area contributed by atoms with Gasteiger partial charge < -0.3 is 4.57 Å². The smallest absolute Gasteiger partial charge is 0.244 e. The minimum atomic E-state index is -0.138. The number of nitrogens with zero attached hydrogens (tertiary/aromatic N) is 2. The van der Waals surface area contributed by atoms with Gasteiger partial charge in [0.05, 0.1) is 18.3 Å². The lowest BCUT2D eigenvalue weighted by Gasteiger charge is -2.06. The minimum absolute atomic E-state index is 0.138. The van der Waals surface area contributed by atoms with Crippen LogP contribution in [-0.2, 0) is 11.2 Å². The van der Waals surface area contributed by atoms with Gasteiger partial charge in [-0.25, -0.2) is 5.43 Å². The number of hydrogen-bond acceptors (Lipinski definition) is 2. The first-order valence-electron chi connectivity index (χ1n) is 8.82. The Bertz CT molecular complexity index is 1090. The summed E-state index contributed by atoms with van der Waals surface area (Å²) in [7, 11) is 0. The van der Waals surface area contributed by atoms with Crippen LogP contribution in [0.3, 0.4) is 0 Å². The number of fused-ring (bicyclic) bond motifs is 1. The third-order valence-electron chi connectivity index (χ3n) is 4.43. The Morgan fingerprint density at radius 1 is 0.889 bits per heavy atom. The van der Waals surface area contributed by atoms with Crippen molar-refractivity contribution in [2.45, 2.75) is 6.42 Å². The molecule has 4 heteroatoms. The molecule has 132 valence electrons. The van der Waals surface area contributed by atoms with Crippen molar-refractivity contribution in [3.05, 3.63) is 102 Å². The fourth-order valence-corrected chi connectivity index (χ4v) is 3.15. The molecule has 0 saturated carbocycles. The molecule has 1 heterocycles. The molecule has 1 aromatic heterocycles. The van der Waals surface area contributed by atoms with Crippen molar-refractivity contribution in [3.63, 3.8) is 0 Å². The van der Waals surface area contributed by atoms with Crippen LogP contribution in [0.4, 0.5) is 0 Å². The first-order valence-corrected chi connectivity index (χ1v) is 8.82. The van der Waals surface area contributed by atoms with Crippen molar-refractivity contribution < 1.29 is 4.79 Å². The van der Waals surface area contributed by atoms with E-state index in [-0.39, 0.29) is 5.91 Å². The Morgan fingerprint density at radius 3 is 2.56 bits per heavy atom. The van der Waals surface area contributed by atoms with Gasteiger partial charge >= 0.3 is 0 Å². The van der Waals surface area contributed by atoms with E-state index in [1.807, 2.05) is 95.7 Å². The molecule has 0 saturated heterocycles. The molecule has 0 spiro atoms. The van der Waals surface area contributed by atoms with E-state index in [1.165, 1.54) is 0 Å². The fraction of sp³-hybridized carbons (Fsp3) is 0.0435. The first kappa shape index (κ1) is 16.8. The maximum absolute atomic E-state index is 12.3. The fourth-order valence-electron chi connectivity index (χ4n) is 3.15. The molecule has 0 aliphatic carbocycles. The highest BCUT2D eigenvalue weighted by Crippen LogP contribution is 2.18. The van der Waals surface area contributed by atoms with Crippen LogP contribution in [0.25, 0.3) is 16.5 Å². The molecule has 0 aliphatic heterocycles. The van der Waals surface area contributed by atoms with E-state index in [2.05, 4.69) is 10.5 Å². The van der Waals surface area contributed by atoms with E-state index in [1.54, 1.807) is 6.21 Å². The predicted molar refractivity (Wildman–Crippen MR) is 109 cm³/mol. The van der Waals surface area contributed by atoms with Crippen LogP contribution < -0.4 is 5.43 Å². The molecule has 3 aromatic carbocycles. The van der Waals surface area contributed by atoms with Crippen LogP contribution in [0.1, 0.15) is 11.3 Å². The molecule has 1 N–H and O–H groups in total. The number of benzene rings is 3. The quantitative estimate of drug-likeness (QED) is 0.421. The third-order valence-corrected chi connectivity index (χ3v) is 4.43. The van der Waals surface area contributed by atoms with Gasteiger partial charge in [0, 0.05) is 11.9 Å². The average molecular weight is 353 g/mol. The molecule has 0 fully saturated rings. The highest BCUT2D eigenvalue weighted by Gasteiger charge is 2.06. The van der Waals surface area contributed by atoms with Crippen LogP contribution >= 0.6 is 0 Å². The number of rotatable bonds is 5. The third kappa shape index (κ3) is 3.80. The first-order chi connectivity index (χ1) is 13.3. The van der Waals surface area contributed by atoms with E-state index in [4.69, 9.17) is 0 Å². The molecule has 0 unspecified atom stereocenters.